The van der Waals surface area contributed by atoms with Gasteiger partial charge in [0.2, 0.25) is 0 Å². The maximum atomic E-state index is 5.84. The molecule has 13 heavy (non-hydrogen) atoms. The normalized spacial score (nSPS) is 14.2. The van der Waals surface area contributed by atoms with Crippen LogP contribution in [0.15, 0.2) is 5.38 Å². The van der Waals surface area contributed by atoms with E-state index in [2.05, 4.69) is 24.1 Å². The maximum Gasteiger partial charge on any atom is 0.183 e. The maximum absolute atomic E-state index is 5.84. The largest absolute Gasteiger partial charge is 0.355 e. The van der Waals surface area contributed by atoms with E-state index in [0.717, 1.165) is 10.8 Å². The van der Waals surface area contributed by atoms with Gasteiger partial charge in [-0.1, -0.05) is 0 Å². The molecule has 0 spiro atoms. The van der Waals surface area contributed by atoms with Gasteiger partial charge in [-0.15, -0.1) is 11.3 Å². The Labute approximate surface area is 83.4 Å². The number of nitrogens with one attached hydrogen (secondary N) is 1. The highest BCUT2D eigenvalue weighted by Gasteiger charge is 2.23. The highest BCUT2D eigenvalue weighted by atomic mass is 32.1. The average Bonchev–Trinajstić information content (AvgIpc) is 2.34. The zero-order chi connectivity index (χ0) is 10.1. The summed E-state index contributed by atoms with van der Waals surface area (Å²) in [5.41, 5.74) is 6.78. The molecule has 0 radical (unpaired) electrons. The van der Waals surface area contributed by atoms with Crippen molar-refractivity contribution in [1.29, 1.82) is 0 Å². The lowest BCUT2D eigenvalue weighted by Crippen LogP contribution is -2.47. The Morgan fingerprint density at radius 2 is 2.23 bits per heavy atom. The van der Waals surface area contributed by atoms with Crippen molar-refractivity contribution in [1.82, 2.24) is 4.98 Å². The van der Waals surface area contributed by atoms with Crippen molar-refractivity contribution in [3.05, 3.63) is 11.1 Å². The summed E-state index contributed by atoms with van der Waals surface area (Å²) in [5.74, 6) is 0. The number of nitrogens with zero attached hydrogens (tertiary/aromatic N) is 1. The first kappa shape index (κ1) is 10.5. The van der Waals surface area contributed by atoms with Crippen LogP contribution in [0.5, 0.6) is 0 Å². The summed E-state index contributed by atoms with van der Waals surface area (Å²) < 4.78 is 0. The summed E-state index contributed by atoms with van der Waals surface area (Å²) in [7, 11) is 0. The van der Waals surface area contributed by atoms with Crippen LogP contribution in [0.25, 0.3) is 0 Å². The monoisotopic (exact) mass is 199 g/mol. The summed E-state index contributed by atoms with van der Waals surface area (Å²) in [5, 5.41) is 6.29. The molecule has 1 heterocycles. The highest BCUT2D eigenvalue weighted by molar-refractivity contribution is 7.13. The van der Waals surface area contributed by atoms with E-state index in [1.165, 1.54) is 0 Å². The third kappa shape index (κ3) is 2.67. The van der Waals surface area contributed by atoms with Gasteiger partial charge < -0.3 is 11.1 Å². The van der Waals surface area contributed by atoms with E-state index in [9.17, 15) is 0 Å². The number of rotatable bonds is 3. The van der Waals surface area contributed by atoms with Gasteiger partial charge in [-0.2, -0.15) is 0 Å². The Kier molecular flexibility index (Phi) is 2.93. The number of nitrogens with two attached hydrogens (primary N) is 1. The molecule has 0 amide bonds. The third-order valence-corrected chi connectivity index (χ3v) is 3.06. The molecule has 0 aliphatic rings. The molecule has 3 N–H and O–H groups in total. The van der Waals surface area contributed by atoms with Crippen LogP contribution < -0.4 is 11.1 Å². The fourth-order valence-electron chi connectivity index (χ4n) is 0.801. The predicted molar refractivity (Wildman–Crippen MR) is 58.2 cm³/mol. The van der Waals surface area contributed by atoms with Crippen molar-refractivity contribution in [3.8, 4) is 0 Å². The lowest BCUT2D eigenvalue weighted by Gasteiger charge is -2.29. The molecule has 0 aliphatic heterocycles. The van der Waals surface area contributed by atoms with Crippen molar-refractivity contribution in [2.75, 3.05) is 5.32 Å². The van der Waals surface area contributed by atoms with E-state index in [1.807, 2.05) is 19.2 Å². The number of hydrogen-bond donors (Lipinski definition) is 2. The number of hydrogen-bond acceptors (Lipinski definition) is 4. The fourth-order valence-corrected chi connectivity index (χ4v) is 1.65. The SMILES string of the molecule is Cc1csc(NC(C)(C)C(C)N)n1. The molecule has 0 saturated carbocycles. The first-order valence-corrected chi connectivity index (χ1v) is 5.25. The minimum absolute atomic E-state index is 0.0942. The van der Waals surface area contributed by atoms with E-state index in [-0.39, 0.29) is 11.6 Å². The smallest absolute Gasteiger partial charge is 0.183 e. The molecular formula is C9H17N3S. The third-order valence-electron chi connectivity index (χ3n) is 2.19. The van der Waals surface area contributed by atoms with Gasteiger partial charge >= 0.3 is 0 Å². The van der Waals surface area contributed by atoms with Gasteiger partial charge in [-0.3, -0.25) is 0 Å². The minimum Gasteiger partial charge on any atom is -0.355 e. The van der Waals surface area contributed by atoms with Crippen LogP contribution >= 0.6 is 11.3 Å². The van der Waals surface area contributed by atoms with E-state index < -0.39 is 0 Å². The second kappa shape index (κ2) is 3.64. The Bertz CT molecular complexity index is 278. The summed E-state index contributed by atoms with van der Waals surface area (Å²) in [4.78, 5) is 4.33. The van der Waals surface area contributed by atoms with Crippen molar-refractivity contribution in [2.24, 2.45) is 5.73 Å². The van der Waals surface area contributed by atoms with E-state index in [1.54, 1.807) is 11.3 Å². The van der Waals surface area contributed by atoms with Crippen LogP contribution in [0.4, 0.5) is 5.13 Å². The molecule has 1 unspecified atom stereocenters. The molecule has 1 aromatic heterocycles. The lowest BCUT2D eigenvalue weighted by molar-refractivity contribution is 0.470. The minimum atomic E-state index is -0.107. The molecule has 0 fully saturated rings. The van der Waals surface area contributed by atoms with Crippen molar-refractivity contribution >= 4 is 16.5 Å². The summed E-state index contributed by atoms with van der Waals surface area (Å²) in [6.45, 7) is 8.14. The van der Waals surface area contributed by atoms with Crippen LogP contribution in [-0.4, -0.2) is 16.6 Å². The Morgan fingerprint density at radius 1 is 1.62 bits per heavy atom. The van der Waals surface area contributed by atoms with Crippen molar-refractivity contribution in [2.45, 2.75) is 39.3 Å². The molecule has 0 bridgehead atoms. The van der Waals surface area contributed by atoms with Gasteiger partial charge in [0.05, 0.1) is 5.69 Å². The van der Waals surface area contributed by atoms with Crippen LogP contribution in [0.2, 0.25) is 0 Å². The van der Waals surface area contributed by atoms with Crippen molar-refractivity contribution in [3.63, 3.8) is 0 Å². The lowest BCUT2D eigenvalue weighted by atomic mass is 9.97. The van der Waals surface area contributed by atoms with E-state index in [4.69, 9.17) is 5.73 Å². The molecule has 4 heteroatoms. The highest BCUT2D eigenvalue weighted by Crippen LogP contribution is 2.20. The zero-order valence-electron chi connectivity index (χ0n) is 8.59. The molecule has 0 saturated heterocycles. The van der Waals surface area contributed by atoms with Gasteiger partial charge in [-0.25, -0.2) is 4.98 Å². The molecule has 74 valence electrons. The second-order valence-corrected chi connectivity index (χ2v) is 4.79. The first-order valence-electron chi connectivity index (χ1n) is 4.38. The van der Waals surface area contributed by atoms with Gasteiger partial charge in [0.1, 0.15) is 0 Å². The van der Waals surface area contributed by atoms with Crippen LogP contribution in [0.1, 0.15) is 26.5 Å². The summed E-state index contributed by atoms with van der Waals surface area (Å²) in [6, 6.07) is 0.0942. The molecule has 0 aliphatic carbocycles. The van der Waals surface area contributed by atoms with Crippen LogP contribution in [-0.2, 0) is 0 Å². The average molecular weight is 199 g/mol. The first-order chi connectivity index (χ1) is 5.92. The van der Waals surface area contributed by atoms with Gasteiger partial charge in [0.15, 0.2) is 5.13 Å². The quantitative estimate of drug-likeness (QED) is 0.782. The summed E-state index contributed by atoms with van der Waals surface area (Å²) >= 11 is 1.62. The number of aryl methyl sites for hydroxylation is 1. The molecule has 0 aromatic carbocycles. The molecule has 1 atom stereocenters. The number of thiazole rings is 1. The molecule has 3 nitrogen and oxygen atoms in total. The molecule has 1 aromatic rings. The Morgan fingerprint density at radius 3 is 2.62 bits per heavy atom. The van der Waals surface area contributed by atoms with E-state index in [0.29, 0.717) is 0 Å². The fraction of sp³-hybridized carbons (Fsp3) is 0.667. The standard InChI is InChI=1S/C9H17N3S/c1-6-5-13-8(11-6)12-9(3,4)7(2)10/h5,7H,10H2,1-4H3,(H,11,12). The van der Waals surface area contributed by atoms with E-state index >= 15 is 0 Å². The van der Waals surface area contributed by atoms with Crippen LogP contribution in [0, 0.1) is 6.92 Å². The summed E-state index contributed by atoms with van der Waals surface area (Å²) in [6.07, 6.45) is 0. The number of anilines is 1. The van der Waals surface area contributed by atoms with Gasteiger partial charge in [-0.05, 0) is 27.7 Å². The topological polar surface area (TPSA) is 50.9 Å². The number of aromatic nitrogens is 1. The van der Waals surface area contributed by atoms with Crippen molar-refractivity contribution < 1.29 is 0 Å². The molecular weight excluding hydrogens is 182 g/mol. The van der Waals surface area contributed by atoms with Gasteiger partial charge in [0.25, 0.3) is 0 Å². The Hall–Kier alpha value is -0.610. The van der Waals surface area contributed by atoms with Crippen LogP contribution in [0.3, 0.4) is 0 Å². The second-order valence-electron chi connectivity index (χ2n) is 3.93. The Balaban J connectivity index is 2.68. The van der Waals surface area contributed by atoms with Gasteiger partial charge in [0, 0.05) is 17.0 Å². The molecule has 1 rings (SSSR count). The predicted octanol–water partition coefficient (Wildman–Crippen LogP) is 1.99. The zero-order valence-corrected chi connectivity index (χ0v) is 9.40.